The Balaban J connectivity index is 1.39. The van der Waals surface area contributed by atoms with Crippen molar-refractivity contribution in [2.75, 3.05) is 18.0 Å². The number of hydrogen-bond donors (Lipinski definition) is 0. The number of rotatable bonds is 7. The van der Waals surface area contributed by atoms with Crippen molar-refractivity contribution in [2.24, 2.45) is 11.8 Å². The van der Waals surface area contributed by atoms with Crippen molar-refractivity contribution in [3.63, 3.8) is 0 Å². The highest BCUT2D eigenvalue weighted by Crippen LogP contribution is 2.38. The zero-order valence-electron chi connectivity index (χ0n) is 19.4. The Kier molecular flexibility index (Phi) is 6.76. The van der Waals surface area contributed by atoms with Gasteiger partial charge in [0.2, 0.25) is 0 Å². The van der Waals surface area contributed by atoms with E-state index in [2.05, 4.69) is 34.7 Å². The second kappa shape index (κ2) is 9.33. The van der Waals surface area contributed by atoms with Crippen molar-refractivity contribution in [1.82, 2.24) is 14.9 Å². The van der Waals surface area contributed by atoms with Gasteiger partial charge in [0.25, 0.3) is 0 Å². The van der Waals surface area contributed by atoms with Crippen molar-refractivity contribution in [3.05, 3.63) is 18.1 Å². The molecule has 2 saturated heterocycles. The average molecular weight is 413 g/mol. The fraction of sp³-hybridized carbons (Fsp3) is 0.800. The molecule has 30 heavy (non-hydrogen) atoms. The van der Waals surface area contributed by atoms with Gasteiger partial charge in [-0.25, -0.2) is 9.97 Å². The second-order valence-corrected chi connectivity index (χ2v) is 10.3. The van der Waals surface area contributed by atoms with Gasteiger partial charge in [0.15, 0.2) is 0 Å². The Morgan fingerprint density at radius 1 is 1.07 bits per heavy atom. The molecule has 5 nitrogen and oxygen atoms in total. The molecule has 0 spiro atoms. The number of fused-ring (bicyclic) bond motifs is 2. The molecule has 3 unspecified atom stereocenters. The van der Waals surface area contributed by atoms with Gasteiger partial charge >= 0.3 is 0 Å². The maximum Gasteiger partial charge on any atom is 0.135 e. The maximum atomic E-state index is 12.1. The molecule has 1 saturated carbocycles. The molecule has 2 bridgehead atoms. The fourth-order valence-electron chi connectivity index (χ4n) is 5.78. The molecule has 4 rings (SSSR count). The molecule has 0 N–H and O–H groups in total. The Bertz CT molecular complexity index is 714. The van der Waals surface area contributed by atoms with Crippen molar-refractivity contribution < 1.29 is 4.79 Å². The zero-order valence-corrected chi connectivity index (χ0v) is 19.4. The molecule has 5 heteroatoms. The van der Waals surface area contributed by atoms with Crippen LogP contribution in [0.25, 0.3) is 0 Å². The number of carbonyl (C=O) groups excluding carboxylic acids is 1. The van der Waals surface area contributed by atoms with E-state index in [-0.39, 0.29) is 5.92 Å². The number of Topliss-reactive ketones (excluding diaryl/α,β-unsaturated/α-hetero) is 1. The quantitative estimate of drug-likeness (QED) is 0.643. The van der Waals surface area contributed by atoms with Gasteiger partial charge in [0, 0.05) is 55.7 Å². The van der Waals surface area contributed by atoms with Gasteiger partial charge in [-0.05, 0) is 63.9 Å². The van der Waals surface area contributed by atoms with Gasteiger partial charge in [-0.15, -0.1) is 0 Å². The first-order valence-electron chi connectivity index (χ1n) is 12.3. The largest absolute Gasteiger partial charge is 0.348 e. The van der Waals surface area contributed by atoms with Crippen LogP contribution >= 0.6 is 0 Å². The van der Waals surface area contributed by atoms with E-state index in [4.69, 9.17) is 4.98 Å². The molecule has 1 aromatic rings. The van der Waals surface area contributed by atoms with E-state index >= 15 is 0 Å². The van der Waals surface area contributed by atoms with Crippen LogP contribution in [-0.2, 0) is 4.79 Å². The lowest BCUT2D eigenvalue weighted by molar-refractivity contribution is -0.123. The number of piperazine rings is 1. The lowest BCUT2D eigenvalue weighted by Gasteiger charge is -2.44. The molecule has 3 heterocycles. The van der Waals surface area contributed by atoms with Crippen LogP contribution < -0.4 is 4.90 Å². The first-order valence-corrected chi connectivity index (χ1v) is 12.3. The summed E-state index contributed by atoms with van der Waals surface area (Å²) in [7, 11) is 0. The summed E-state index contributed by atoms with van der Waals surface area (Å²) in [5.41, 5.74) is 0. The molecular weight excluding hydrogens is 372 g/mol. The van der Waals surface area contributed by atoms with Gasteiger partial charge in [-0.2, -0.15) is 0 Å². The third kappa shape index (κ3) is 4.56. The lowest BCUT2D eigenvalue weighted by Crippen LogP contribution is -2.56. The van der Waals surface area contributed by atoms with E-state index in [1.165, 1.54) is 32.4 Å². The van der Waals surface area contributed by atoms with Gasteiger partial charge < -0.3 is 4.90 Å². The van der Waals surface area contributed by atoms with Crippen molar-refractivity contribution in [1.29, 1.82) is 0 Å². The van der Waals surface area contributed by atoms with Crippen molar-refractivity contribution in [3.8, 4) is 0 Å². The number of nitrogens with zero attached hydrogens (tertiary/aromatic N) is 4. The smallest absolute Gasteiger partial charge is 0.135 e. The highest BCUT2D eigenvalue weighted by Gasteiger charge is 2.41. The van der Waals surface area contributed by atoms with E-state index in [9.17, 15) is 4.79 Å². The number of aromatic nitrogens is 2. The normalized spacial score (nSPS) is 30.6. The Hall–Kier alpha value is -1.49. The van der Waals surface area contributed by atoms with Crippen LogP contribution in [-0.4, -0.2) is 51.9 Å². The molecule has 3 atom stereocenters. The van der Waals surface area contributed by atoms with Crippen LogP contribution in [0.15, 0.2) is 12.3 Å². The highest BCUT2D eigenvalue weighted by molar-refractivity contribution is 5.80. The first-order chi connectivity index (χ1) is 14.5. The van der Waals surface area contributed by atoms with Crippen molar-refractivity contribution in [2.45, 2.75) is 103 Å². The molecule has 0 radical (unpaired) electrons. The molecular formula is C25H40N4O. The SMILES string of the molecule is CCC(C)N1CC2CCC(C1)N2c1ccnc(C2CCC(CC(=O)C(C)C)CC2)n1. The van der Waals surface area contributed by atoms with Crippen LogP contribution in [0.1, 0.15) is 90.8 Å². The van der Waals surface area contributed by atoms with Crippen LogP contribution in [0, 0.1) is 11.8 Å². The molecule has 0 aromatic carbocycles. The molecule has 3 fully saturated rings. The van der Waals surface area contributed by atoms with E-state index in [0.29, 0.717) is 35.7 Å². The van der Waals surface area contributed by atoms with E-state index < -0.39 is 0 Å². The highest BCUT2D eigenvalue weighted by atomic mass is 16.1. The predicted octanol–water partition coefficient (Wildman–Crippen LogP) is 4.82. The third-order valence-corrected chi connectivity index (χ3v) is 7.99. The standard InChI is InChI=1S/C25H40N4O/c1-5-18(4)28-15-21-10-11-22(16-28)29(21)24-12-13-26-25(27-24)20-8-6-19(7-9-20)14-23(30)17(2)3/h12-13,17-22H,5-11,14-16H2,1-4H3. The van der Waals surface area contributed by atoms with E-state index in [0.717, 1.165) is 43.7 Å². The average Bonchev–Trinajstić information content (AvgIpc) is 3.03. The predicted molar refractivity (Wildman–Crippen MR) is 122 cm³/mol. The molecule has 0 amide bonds. The molecule has 1 aliphatic carbocycles. The number of ketones is 1. The van der Waals surface area contributed by atoms with E-state index in [1.807, 2.05) is 20.0 Å². The first kappa shape index (κ1) is 21.7. The number of likely N-dealkylation sites (tertiary alicyclic amines) is 1. The minimum Gasteiger partial charge on any atom is -0.348 e. The molecule has 3 aliphatic rings. The van der Waals surface area contributed by atoms with Gasteiger partial charge in [-0.3, -0.25) is 9.69 Å². The van der Waals surface area contributed by atoms with Crippen LogP contribution in [0.2, 0.25) is 0 Å². The molecule has 2 aliphatic heterocycles. The minimum absolute atomic E-state index is 0.166. The minimum atomic E-state index is 0.166. The lowest BCUT2D eigenvalue weighted by atomic mass is 9.78. The summed E-state index contributed by atoms with van der Waals surface area (Å²) < 4.78 is 0. The van der Waals surface area contributed by atoms with Crippen LogP contribution in [0.3, 0.4) is 0 Å². The Labute approximate surface area is 182 Å². The molecule has 166 valence electrons. The van der Waals surface area contributed by atoms with Gasteiger partial charge in [0.05, 0.1) is 0 Å². The third-order valence-electron chi connectivity index (χ3n) is 7.99. The zero-order chi connectivity index (χ0) is 21.3. The summed E-state index contributed by atoms with van der Waals surface area (Å²) in [6, 6.07) is 3.99. The fourth-order valence-corrected chi connectivity index (χ4v) is 5.78. The monoisotopic (exact) mass is 412 g/mol. The van der Waals surface area contributed by atoms with Gasteiger partial charge in [0.1, 0.15) is 17.4 Å². The molecule has 1 aromatic heterocycles. The van der Waals surface area contributed by atoms with Crippen LogP contribution in [0.4, 0.5) is 5.82 Å². The van der Waals surface area contributed by atoms with Crippen LogP contribution in [0.5, 0.6) is 0 Å². The second-order valence-electron chi connectivity index (χ2n) is 10.3. The summed E-state index contributed by atoms with van der Waals surface area (Å²) in [5.74, 6) is 3.78. The van der Waals surface area contributed by atoms with Gasteiger partial charge in [-0.1, -0.05) is 20.8 Å². The van der Waals surface area contributed by atoms with Crippen molar-refractivity contribution >= 4 is 11.6 Å². The topological polar surface area (TPSA) is 49.3 Å². The summed E-state index contributed by atoms with van der Waals surface area (Å²) >= 11 is 0. The number of carbonyl (C=O) groups is 1. The summed E-state index contributed by atoms with van der Waals surface area (Å²) in [6.07, 6.45) is 11.0. The summed E-state index contributed by atoms with van der Waals surface area (Å²) in [6.45, 7) is 11.0. The maximum absolute atomic E-state index is 12.1. The summed E-state index contributed by atoms with van der Waals surface area (Å²) in [5, 5.41) is 0. The Morgan fingerprint density at radius 2 is 1.73 bits per heavy atom. The Morgan fingerprint density at radius 3 is 2.33 bits per heavy atom. The van der Waals surface area contributed by atoms with E-state index in [1.54, 1.807) is 0 Å². The number of anilines is 1. The summed E-state index contributed by atoms with van der Waals surface area (Å²) in [4.78, 5) is 27.2. The number of hydrogen-bond acceptors (Lipinski definition) is 5.